The van der Waals surface area contributed by atoms with E-state index < -0.39 is 0 Å². The molecule has 1 heterocycles. The van der Waals surface area contributed by atoms with Crippen LogP contribution in [0.2, 0.25) is 0 Å². The summed E-state index contributed by atoms with van der Waals surface area (Å²) >= 11 is 1.79. The molecule has 2 unspecified atom stereocenters. The quantitative estimate of drug-likeness (QED) is 0.353. The topological polar surface area (TPSA) is 56.7 Å². The molecule has 1 aliphatic carbocycles. The molecule has 0 aromatic carbocycles. The van der Waals surface area contributed by atoms with Gasteiger partial charge in [0.1, 0.15) is 0 Å². The third-order valence-corrected chi connectivity index (χ3v) is 5.55. The van der Waals surface area contributed by atoms with Gasteiger partial charge in [0.15, 0.2) is 5.96 Å². The molecule has 0 radical (unpaired) electrons. The molecule has 0 amide bonds. The summed E-state index contributed by atoms with van der Waals surface area (Å²) in [7, 11) is 0. The molecule has 0 saturated heterocycles. The number of nitrogens with one attached hydrogen (secondary N) is 2. The maximum Gasteiger partial charge on any atom is 0.191 e. The molecule has 132 valence electrons. The molecular weight excluding hydrogens is 421 g/mol. The number of aliphatic imine (C=N–C) groups is 1. The lowest BCUT2D eigenvalue weighted by molar-refractivity contribution is 0.134. The van der Waals surface area contributed by atoms with Crippen molar-refractivity contribution in [3.63, 3.8) is 0 Å². The summed E-state index contributed by atoms with van der Waals surface area (Å²) in [6.45, 7) is 8.92. The second kappa shape index (κ2) is 9.84. The molecule has 2 rings (SSSR count). The molecule has 6 heteroatoms. The number of nitrogens with zero attached hydrogens (tertiary/aromatic N) is 1. The molecular formula is C17H30IN3OS. The van der Waals surface area contributed by atoms with Gasteiger partial charge in [0.2, 0.25) is 0 Å². The van der Waals surface area contributed by atoms with Crippen molar-refractivity contribution >= 4 is 41.3 Å². The van der Waals surface area contributed by atoms with E-state index in [1.54, 1.807) is 11.3 Å². The van der Waals surface area contributed by atoms with Gasteiger partial charge < -0.3 is 15.7 Å². The largest absolute Gasteiger partial charge is 0.393 e. The van der Waals surface area contributed by atoms with E-state index in [1.165, 1.54) is 4.88 Å². The number of hydrogen-bond donors (Lipinski definition) is 3. The van der Waals surface area contributed by atoms with E-state index in [2.05, 4.69) is 48.9 Å². The van der Waals surface area contributed by atoms with Gasteiger partial charge in [-0.05, 0) is 31.2 Å². The molecule has 1 saturated carbocycles. The zero-order valence-corrected chi connectivity index (χ0v) is 17.5. The second-order valence-electron chi connectivity index (χ2n) is 6.70. The number of halogens is 1. The van der Waals surface area contributed by atoms with Crippen molar-refractivity contribution in [2.75, 3.05) is 19.6 Å². The van der Waals surface area contributed by atoms with Gasteiger partial charge in [-0.25, -0.2) is 0 Å². The fourth-order valence-electron chi connectivity index (χ4n) is 2.84. The van der Waals surface area contributed by atoms with E-state index in [-0.39, 0.29) is 35.5 Å². The van der Waals surface area contributed by atoms with Crippen LogP contribution in [0.3, 0.4) is 0 Å². The van der Waals surface area contributed by atoms with E-state index in [0.29, 0.717) is 5.92 Å². The van der Waals surface area contributed by atoms with E-state index in [9.17, 15) is 5.11 Å². The minimum Gasteiger partial charge on any atom is -0.393 e. The Balaban J connectivity index is 0.00000264. The summed E-state index contributed by atoms with van der Waals surface area (Å²) in [6.07, 6.45) is 3.02. The highest BCUT2D eigenvalue weighted by atomic mass is 127. The number of aliphatic hydroxyl groups excluding tert-OH is 1. The van der Waals surface area contributed by atoms with E-state index in [1.807, 2.05) is 0 Å². The summed E-state index contributed by atoms with van der Waals surface area (Å²) in [5.41, 5.74) is 0.0450. The lowest BCUT2D eigenvalue weighted by Crippen LogP contribution is -2.41. The van der Waals surface area contributed by atoms with Gasteiger partial charge in [0.05, 0.1) is 12.6 Å². The molecule has 1 fully saturated rings. The molecule has 2 atom stereocenters. The average molecular weight is 451 g/mol. The number of thiophene rings is 1. The number of hydrogen-bond acceptors (Lipinski definition) is 3. The maximum atomic E-state index is 9.92. The van der Waals surface area contributed by atoms with Crippen LogP contribution in [0.4, 0.5) is 0 Å². The number of rotatable bonds is 6. The average Bonchev–Trinajstić information content (AvgIpc) is 3.14. The molecule has 1 aliphatic rings. The lowest BCUT2D eigenvalue weighted by atomic mass is 9.92. The minimum atomic E-state index is -0.155. The van der Waals surface area contributed by atoms with Crippen LogP contribution in [0.15, 0.2) is 22.5 Å². The van der Waals surface area contributed by atoms with Gasteiger partial charge >= 0.3 is 0 Å². The van der Waals surface area contributed by atoms with E-state index >= 15 is 0 Å². The maximum absolute atomic E-state index is 9.92. The standard InChI is InChI=1S/C17H29N3OS.HI/c1-4-18-16(19-11-13-7-5-8-14(13)21)20-12-17(2,3)15-9-6-10-22-15;/h6,9-10,13-14,21H,4-5,7-8,11-12H2,1-3H3,(H2,18,19,20);1H. The summed E-state index contributed by atoms with van der Waals surface area (Å²) in [6, 6.07) is 4.27. The van der Waals surface area contributed by atoms with Crippen LogP contribution in [0.5, 0.6) is 0 Å². The third kappa shape index (κ3) is 6.23. The molecule has 23 heavy (non-hydrogen) atoms. The molecule has 1 aromatic heterocycles. The summed E-state index contributed by atoms with van der Waals surface area (Å²) in [5.74, 6) is 1.21. The predicted molar refractivity (Wildman–Crippen MR) is 110 cm³/mol. The molecule has 1 aromatic rings. The van der Waals surface area contributed by atoms with Crippen molar-refractivity contribution in [1.29, 1.82) is 0 Å². The SMILES string of the molecule is CCNC(=NCC(C)(C)c1cccs1)NCC1CCCC1O.I. The van der Waals surface area contributed by atoms with Crippen molar-refractivity contribution in [2.24, 2.45) is 10.9 Å². The van der Waals surface area contributed by atoms with Crippen molar-refractivity contribution in [2.45, 2.75) is 51.6 Å². The van der Waals surface area contributed by atoms with Crippen LogP contribution in [0.25, 0.3) is 0 Å². The van der Waals surface area contributed by atoms with Gasteiger partial charge in [-0.2, -0.15) is 0 Å². The van der Waals surface area contributed by atoms with E-state index in [4.69, 9.17) is 4.99 Å². The fraction of sp³-hybridized carbons (Fsp3) is 0.706. The molecule has 0 bridgehead atoms. The van der Waals surface area contributed by atoms with Gasteiger partial charge in [-0.1, -0.05) is 26.3 Å². The smallest absolute Gasteiger partial charge is 0.191 e. The highest BCUT2D eigenvalue weighted by Crippen LogP contribution is 2.27. The zero-order chi connectivity index (χ0) is 16.0. The highest BCUT2D eigenvalue weighted by Gasteiger charge is 2.25. The Morgan fingerprint density at radius 3 is 2.74 bits per heavy atom. The Bertz CT molecular complexity index is 476. The summed E-state index contributed by atoms with van der Waals surface area (Å²) in [4.78, 5) is 6.11. The Hall–Kier alpha value is -0.340. The van der Waals surface area contributed by atoms with E-state index in [0.717, 1.165) is 44.9 Å². The van der Waals surface area contributed by atoms with Crippen LogP contribution in [-0.2, 0) is 5.41 Å². The Morgan fingerprint density at radius 1 is 1.39 bits per heavy atom. The fourth-order valence-corrected chi connectivity index (χ4v) is 3.69. The van der Waals surface area contributed by atoms with Gasteiger partial charge in [0, 0.05) is 29.3 Å². The Labute approximate surface area is 161 Å². The monoisotopic (exact) mass is 451 g/mol. The molecule has 0 spiro atoms. The Kier molecular flexibility index (Phi) is 8.85. The minimum absolute atomic E-state index is 0. The van der Waals surface area contributed by atoms with Crippen molar-refractivity contribution < 1.29 is 5.11 Å². The highest BCUT2D eigenvalue weighted by molar-refractivity contribution is 14.0. The second-order valence-corrected chi connectivity index (χ2v) is 7.64. The molecule has 3 N–H and O–H groups in total. The van der Waals surface area contributed by atoms with Crippen LogP contribution >= 0.6 is 35.3 Å². The number of aliphatic hydroxyl groups is 1. The van der Waals surface area contributed by atoms with Crippen LogP contribution < -0.4 is 10.6 Å². The third-order valence-electron chi connectivity index (χ3n) is 4.32. The lowest BCUT2D eigenvalue weighted by Gasteiger charge is -2.22. The van der Waals surface area contributed by atoms with Gasteiger partial charge in [-0.3, -0.25) is 4.99 Å². The zero-order valence-electron chi connectivity index (χ0n) is 14.3. The van der Waals surface area contributed by atoms with Crippen molar-refractivity contribution in [3.8, 4) is 0 Å². The summed E-state index contributed by atoms with van der Waals surface area (Å²) in [5, 5.41) is 18.7. The first-order valence-corrected chi connectivity index (χ1v) is 9.15. The van der Waals surface area contributed by atoms with Crippen LogP contribution in [0, 0.1) is 5.92 Å². The molecule has 4 nitrogen and oxygen atoms in total. The molecule has 0 aliphatic heterocycles. The Morgan fingerprint density at radius 2 is 2.17 bits per heavy atom. The first kappa shape index (κ1) is 20.7. The predicted octanol–water partition coefficient (Wildman–Crippen LogP) is 3.36. The van der Waals surface area contributed by atoms with Crippen LogP contribution in [0.1, 0.15) is 44.9 Å². The van der Waals surface area contributed by atoms with Gasteiger partial charge in [0.25, 0.3) is 0 Å². The first-order valence-electron chi connectivity index (χ1n) is 8.27. The van der Waals surface area contributed by atoms with Crippen molar-refractivity contribution in [1.82, 2.24) is 10.6 Å². The first-order chi connectivity index (χ1) is 10.5. The normalized spacial score (nSPS) is 21.8. The number of guanidine groups is 1. The van der Waals surface area contributed by atoms with Crippen LogP contribution in [-0.4, -0.2) is 36.8 Å². The van der Waals surface area contributed by atoms with Gasteiger partial charge in [-0.15, -0.1) is 35.3 Å². The summed E-state index contributed by atoms with van der Waals surface area (Å²) < 4.78 is 0. The van der Waals surface area contributed by atoms with Crippen molar-refractivity contribution in [3.05, 3.63) is 22.4 Å².